The zero-order valence-corrected chi connectivity index (χ0v) is 10.7. The molecule has 0 aromatic heterocycles. The Kier molecular flexibility index (Phi) is 4.99. The van der Waals surface area contributed by atoms with Gasteiger partial charge in [0, 0.05) is 6.92 Å². The lowest BCUT2D eigenvalue weighted by Gasteiger charge is -2.30. The van der Waals surface area contributed by atoms with Crippen LogP contribution < -0.4 is 0 Å². The first kappa shape index (κ1) is 14.3. The van der Waals surface area contributed by atoms with Gasteiger partial charge >= 0.3 is 5.97 Å². The number of alkyl halides is 3. The van der Waals surface area contributed by atoms with E-state index in [1.165, 1.54) is 6.92 Å². The highest BCUT2D eigenvalue weighted by molar-refractivity contribution is 6.68. The van der Waals surface area contributed by atoms with Crippen LogP contribution in [0, 0.1) is 0 Å². The highest BCUT2D eigenvalue weighted by Crippen LogP contribution is 2.35. The smallest absolute Gasteiger partial charge is 0.305 e. The summed E-state index contributed by atoms with van der Waals surface area (Å²) in [5, 5.41) is 0. The van der Waals surface area contributed by atoms with Crippen molar-refractivity contribution < 1.29 is 14.3 Å². The molecule has 0 spiro atoms. The highest BCUT2D eigenvalue weighted by Gasteiger charge is 2.39. The van der Waals surface area contributed by atoms with Crippen molar-refractivity contribution in [2.24, 2.45) is 0 Å². The van der Waals surface area contributed by atoms with Crippen LogP contribution >= 0.6 is 34.8 Å². The second-order valence-corrected chi connectivity index (χ2v) is 6.08. The molecule has 0 saturated heterocycles. The second-order valence-electron chi connectivity index (χ2n) is 3.71. The zero-order chi connectivity index (χ0) is 11.6. The predicted octanol–water partition coefficient (Wildman–Crippen LogP) is 3.06. The monoisotopic (exact) mass is 262 g/mol. The fourth-order valence-corrected chi connectivity index (χ4v) is 0.897. The molecule has 0 amide bonds. The number of ether oxygens (including phenoxy) is 2. The lowest BCUT2D eigenvalue weighted by atomic mass is 10.2. The van der Waals surface area contributed by atoms with Crippen LogP contribution in [0.25, 0.3) is 0 Å². The molecule has 0 aliphatic carbocycles. The Morgan fingerprint density at radius 2 is 1.64 bits per heavy atom. The average Bonchev–Trinajstić information content (AvgIpc) is 1.78. The third-order valence-corrected chi connectivity index (χ3v) is 1.54. The summed E-state index contributed by atoms with van der Waals surface area (Å²) in [6.45, 7) is 6.51. The summed E-state index contributed by atoms with van der Waals surface area (Å²) in [4.78, 5) is 10.7. The van der Waals surface area contributed by atoms with E-state index in [4.69, 9.17) is 44.3 Å². The first-order valence-corrected chi connectivity index (χ1v) is 5.07. The molecule has 0 aromatic carbocycles. The van der Waals surface area contributed by atoms with Gasteiger partial charge in [-0.3, -0.25) is 4.79 Å². The number of hydrogen-bond donors (Lipinski definition) is 0. The largest absolute Gasteiger partial charge is 0.431 e. The fourth-order valence-electron chi connectivity index (χ4n) is 0.630. The van der Waals surface area contributed by atoms with E-state index in [0.717, 1.165) is 0 Å². The van der Waals surface area contributed by atoms with E-state index >= 15 is 0 Å². The van der Waals surface area contributed by atoms with Crippen molar-refractivity contribution in [3.63, 3.8) is 0 Å². The maximum Gasteiger partial charge on any atom is 0.305 e. The molecule has 0 bridgehead atoms. The first-order valence-electron chi connectivity index (χ1n) is 3.94. The van der Waals surface area contributed by atoms with Crippen molar-refractivity contribution >= 4 is 40.8 Å². The molecule has 0 rings (SSSR count). The van der Waals surface area contributed by atoms with Crippen molar-refractivity contribution in [1.82, 2.24) is 0 Å². The van der Waals surface area contributed by atoms with Gasteiger partial charge in [-0.15, -0.1) is 0 Å². The molecule has 14 heavy (non-hydrogen) atoms. The molecule has 1 unspecified atom stereocenters. The van der Waals surface area contributed by atoms with Crippen LogP contribution in [0.2, 0.25) is 0 Å². The first-order chi connectivity index (χ1) is 6.02. The minimum atomic E-state index is -1.79. The second kappa shape index (κ2) is 4.88. The zero-order valence-electron chi connectivity index (χ0n) is 8.44. The molecule has 3 nitrogen and oxygen atoms in total. The molecule has 0 saturated carbocycles. The number of carbonyl (C=O) groups is 1. The van der Waals surface area contributed by atoms with Crippen molar-refractivity contribution in [3.8, 4) is 0 Å². The van der Waals surface area contributed by atoms with E-state index in [1.807, 2.05) is 0 Å². The molecule has 84 valence electrons. The highest BCUT2D eigenvalue weighted by atomic mass is 35.6. The standard InChI is InChI=1S/C8H13Cl3O3/c1-5(12)13-6(8(9,10)11)14-7(2,3)4/h6H,1-4H3. The third kappa shape index (κ3) is 6.71. The van der Waals surface area contributed by atoms with E-state index in [-0.39, 0.29) is 0 Å². The Morgan fingerprint density at radius 3 is 1.86 bits per heavy atom. The van der Waals surface area contributed by atoms with E-state index in [9.17, 15) is 4.79 Å². The number of esters is 1. The van der Waals surface area contributed by atoms with Gasteiger partial charge in [0.2, 0.25) is 0 Å². The van der Waals surface area contributed by atoms with E-state index in [2.05, 4.69) is 0 Å². The minimum Gasteiger partial charge on any atom is -0.431 e. The lowest BCUT2D eigenvalue weighted by molar-refractivity contribution is -0.199. The molecule has 0 aromatic rings. The van der Waals surface area contributed by atoms with Crippen molar-refractivity contribution in [3.05, 3.63) is 0 Å². The Bertz CT molecular complexity index is 205. The van der Waals surface area contributed by atoms with Crippen LogP contribution in [0.15, 0.2) is 0 Å². The molecule has 0 aliphatic rings. The molecular weight excluding hydrogens is 250 g/mol. The average molecular weight is 264 g/mol. The Hall–Kier alpha value is 0.300. The summed E-state index contributed by atoms with van der Waals surface area (Å²) in [5.74, 6) is -0.564. The van der Waals surface area contributed by atoms with Crippen molar-refractivity contribution in [1.29, 1.82) is 0 Å². The van der Waals surface area contributed by atoms with Crippen LogP contribution in [0.1, 0.15) is 27.7 Å². The summed E-state index contributed by atoms with van der Waals surface area (Å²) >= 11 is 16.7. The normalized spacial score (nSPS) is 15.1. The number of hydrogen-bond acceptors (Lipinski definition) is 3. The predicted molar refractivity (Wildman–Crippen MR) is 56.7 cm³/mol. The summed E-state index contributed by atoms with van der Waals surface area (Å²) in [6, 6.07) is 0. The van der Waals surface area contributed by atoms with Gasteiger partial charge in [-0.1, -0.05) is 34.8 Å². The molecule has 0 heterocycles. The number of carbonyl (C=O) groups excluding carboxylic acids is 1. The maximum atomic E-state index is 10.7. The van der Waals surface area contributed by atoms with Gasteiger partial charge in [-0.25, -0.2) is 0 Å². The number of halogens is 3. The topological polar surface area (TPSA) is 35.5 Å². The van der Waals surface area contributed by atoms with E-state index in [1.54, 1.807) is 20.8 Å². The molecule has 0 fully saturated rings. The van der Waals surface area contributed by atoms with Crippen LogP contribution in [0.3, 0.4) is 0 Å². The fraction of sp³-hybridized carbons (Fsp3) is 0.875. The Labute approximate surface area is 98.6 Å². The maximum absolute atomic E-state index is 10.7. The third-order valence-electron chi connectivity index (χ3n) is 1.00. The summed E-state index contributed by atoms with van der Waals surface area (Å²) < 4.78 is 8.22. The van der Waals surface area contributed by atoms with Crippen molar-refractivity contribution in [2.75, 3.05) is 0 Å². The van der Waals surface area contributed by atoms with Crippen LogP contribution in [-0.2, 0) is 14.3 Å². The van der Waals surface area contributed by atoms with Gasteiger partial charge in [0.1, 0.15) is 0 Å². The lowest BCUT2D eigenvalue weighted by Crippen LogP contribution is -2.39. The molecule has 1 atom stereocenters. The van der Waals surface area contributed by atoms with Gasteiger partial charge in [0.15, 0.2) is 0 Å². The van der Waals surface area contributed by atoms with E-state index < -0.39 is 21.7 Å². The van der Waals surface area contributed by atoms with Crippen molar-refractivity contribution in [2.45, 2.75) is 43.4 Å². The molecular formula is C8H13Cl3O3. The molecule has 0 radical (unpaired) electrons. The Balaban J connectivity index is 4.50. The summed E-state index contributed by atoms with van der Waals surface area (Å²) in [5.41, 5.74) is -0.565. The minimum absolute atomic E-state index is 0.564. The van der Waals surface area contributed by atoms with E-state index in [0.29, 0.717) is 0 Å². The molecule has 0 N–H and O–H groups in total. The van der Waals surface area contributed by atoms with Gasteiger partial charge in [0.25, 0.3) is 10.1 Å². The quantitative estimate of drug-likeness (QED) is 0.436. The molecule has 0 aliphatic heterocycles. The van der Waals surface area contributed by atoms with Gasteiger partial charge in [0.05, 0.1) is 5.60 Å². The number of rotatable bonds is 2. The van der Waals surface area contributed by atoms with Crippen LogP contribution in [0.5, 0.6) is 0 Å². The van der Waals surface area contributed by atoms with Gasteiger partial charge in [-0.2, -0.15) is 0 Å². The summed E-state index contributed by atoms with van der Waals surface area (Å²) in [6.07, 6.45) is -1.20. The SMILES string of the molecule is CC(=O)OC(OC(C)(C)C)C(Cl)(Cl)Cl. The van der Waals surface area contributed by atoms with Gasteiger partial charge < -0.3 is 9.47 Å². The molecule has 6 heteroatoms. The Morgan fingerprint density at radius 1 is 1.21 bits per heavy atom. The van der Waals surface area contributed by atoms with Crippen LogP contribution in [0.4, 0.5) is 0 Å². The van der Waals surface area contributed by atoms with Gasteiger partial charge in [-0.05, 0) is 20.8 Å². The summed E-state index contributed by atoms with van der Waals surface area (Å²) in [7, 11) is 0. The van der Waals surface area contributed by atoms with Crippen LogP contribution in [-0.4, -0.2) is 21.7 Å².